The Morgan fingerprint density at radius 3 is 2.61 bits per heavy atom. The standard InChI is InChI=1S/C19H13F2N5O2/c20-18(21)28-15-9-5-4-8-13(15)11-23-26-19-24-16(12-6-2-1-3-7-12)14(10-22)17(27)25-19/h1-9,11,18H,(H2,24,25,26,27). The Labute approximate surface area is 157 Å². The Kier molecular flexibility index (Phi) is 5.72. The molecule has 1 aromatic heterocycles. The molecule has 0 fully saturated rings. The molecule has 9 heteroatoms. The number of aromatic nitrogens is 2. The lowest BCUT2D eigenvalue weighted by atomic mass is 10.1. The highest BCUT2D eigenvalue weighted by Crippen LogP contribution is 2.20. The van der Waals surface area contributed by atoms with Gasteiger partial charge in [0.1, 0.15) is 17.4 Å². The summed E-state index contributed by atoms with van der Waals surface area (Å²) in [7, 11) is 0. The van der Waals surface area contributed by atoms with Crippen LogP contribution >= 0.6 is 0 Å². The van der Waals surface area contributed by atoms with Crippen LogP contribution < -0.4 is 15.7 Å². The highest BCUT2D eigenvalue weighted by atomic mass is 19.3. The molecule has 0 aliphatic carbocycles. The van der Waals surface area contributed by atoms with Crippen molar-refractivity contribution in [3.63, 3.8) is 0 Å². The summed E-state index contributed by atoms with van der Waals surface area (Å²) in [4.78, 5) is 18.8. The van der Waals surface area contributed by atoms with Gasteiger partial charge in [0.15, 0.2) is 0 Å². The van der Waals surface area contributed by atoms with E-state index < -0.39 is 12.2 Å². The molecular formula is C19H13F2N5O2. The maximum atomic E-state index is 12.5. The number of hydrazone groups is 1. The van der Waals surface area contributed by atoms with Crippen molar-refractivity contribution in [1.82, 2.24) is 9.97 Å². The van der Waals surface area contributed by atoms with Crippen LogP contribution in [0.3, 0.4) is 0 Å². The van der Waals surface area contributed by atoms with Gasteiger partial charge in [-0.2, -0.15) is 19.1 Å². The first-order valence-corrected chi connectivity index (χ1v) is 8.01. The summed E-state index contributed by atoms with van der Waals surface area (Å²) in [5.41, 5.74) is 2.86. The van der Waals surface area contributed by atoms with Crippen molar-refractivity contribution in [1.29, 1.82) is 5.26 Å². The third kappa shape index (κ3) is 4.37. The van der Waals surface area contributed by atoms with E-state index >= 15 is 0 Å². The van der Waals surface area contributed by atoms with Gasteiger partial charge >= 0.3 is 6.61 Å². The normalized spacial score (nSPS) is 10.8. The van der Waals surface area contributed by atoms with Crippen molar-refractivity contribution in [2.75, 3.05) is 5.43 Å². The Balaban J connectivity index is 1.88. The summed E-state index contributed by atoms with van der Waals surface area (Å²) in [6.45, 7) is -2.97. The zero-order valence-electron chi connectivity index (χ0n) is 14.3. The van der Waals surface area contributed by atoms with Crippen molar-refractivity contribution in [3.8, 4) is 23.1 Å². The van der Waals surface area contributed by atoms with Gasteiger partial charge in [0, 0.05) is 11.1 Å². The number of H-pyrrole nitrogens is 1. The molecule has 0 radical (unpaired) electrons. The molecule has 1 heterocycles. The summed E-state index contributed by atoms with van der Waals surface area (Å²) in [5.74, 6) is -0.0549. The van der Waals surface area contributed by atoms with E-state index in [4.69, 9.17) is 0 Å². The van der Waals surface area contributed by atoms with E-state index in [1.165, 1.54) is 18.3 Å². The Bertz CT molecular complexity index is 1090. The molecule has 2 aromatic carbocycles. The lowest BCUT2D eigenvalue weighted by molar-refractivity contribution is -0.0499. The molecule has 0 saturated carbocycles. The zero-order chi connectivity index (χ0) is 19.9. The number of anilines is 1. The average Bonchev–Trinajstić information content (AvgIpc) is 2.69. The van der Waals surface area contributed by atoms with Gasteiger partial charge in [0.05, 0.1) is 11.9 Å². The number of hydrogen-bond acceptors (Lipinski definition) is 6. The molecule has 140 valence electrons. The molecule has 7 nitrogen and oxygen atoms in total. The van der Waals surface area contributed by atoms with Crippen LogP contribution in [0.15, 0.2) is 64.5 Å². The number of nitrogens with one attached hydrogen (secondary N) is 2. The molecule has 0 amide bonds. The minimum Gasteiger partial charge on any atom is -0.434 e. The molecule has 0 bridgehead atoms. The van der Waals surface area contributed by atoms with E-state index in [9.17, 15) is 18.8 Å². The first kappa shape index (κ1) is 18.7. The van der Waals surface area contributed by atoms with Crippen molar-refractivity contribution < 1.29 is 13.5 Å². The van der Waals surface area contributed by atoms with Crippen LogP contribution in [0.4, 0.5) is 14.7 Å². The minimum absolute atomic E-state index is 0.00800. The number of alkyl halides is 2. The largest absolute Gasteiger partial charge is 0.434 e. The highest BCUT2D eigenvalue weighted by molar-refractivity contribution is 5.83. The summed E-state index contributed by atoms with van der Waals surface area (Å²) in [5, 5.41) is 13.1. The third-order valence-electron chi connectivity index (χ3n) is 3.59. The van der Waals surface area contributed by atoms with Gasteiger partial charge in [-0.05, 0) is 12.1 Å². The van der Waals surface area contributed by atoms with Crippen LogP contribution in [0.2, 0.25) is 0 Å². The van der Waals surface area contributed by atoms with Crippen LogP contribution in [0, 0.1) is 11.3 Å². The second-order valence-corrected chi connectivity index (χ2v) is 5.40. The van der Waals surface area contributed by atoms with E-state index in [2.05, 4.69) is 25.2 Å². The molecule has 28 heavy (non-hydrogen) atoms. The maximum absolute atomic E-state index is 12.5. The number of rotatable bonds is 6. The number of nitriles is 1. The lowest BCUT2D eigenvalue weighted by Crippen LogP contribution is -2.16. The van der Waals surface area contributed by atoms with Crippen LogP contribution in [0.5, 0.6) is 5.75 Å². The number of halogens is 2. The van der Waals surface area contributed by atoms with Gasteiger partial charge in [-0.1, -0.05) is 42.5 Å². The van der Waals surface area contributed by atoms with Gasteiger partial charge in [-0.3, -0.25) is 9.78 Å². The molecule has 0 saturated heterocycles. The average molecular weight is 381 g/mol. The van der Waals surface area contributed by atoms with E-state index in [1.54, 1.807) is 42.5 Å². The lowest BCUT2D eigenvalue weighted by Gasteiger charge is -2.07. The van der Waals surface area contributed by atoms with E-state index in [0.717, 1.165) is 0 Å². The number of hydrogen-bond donors (Lipinski definition) is 2. The van der Waals surface area contributed by atoms with E-state index in [-0.39, 0.29) is 23.0 Å². The molecule has 0 aliphatic heterocycles. The first-order chi connectivity index (χ1) is 13.6. The van der Waals surface area contributed by atoms with Gasteiger partial charge in [-0.25, -0.2) is 10.4 Å². The molecule has 0 atom stereocenters. The molecule has 3 aromatic rings. The van der Waals surface area contributed by atoms with E-state index in [0.29, 0.717) is 11.1 Å². The second kappa shape index (κ2) is 8.55. The predicted octanol–water partition coefficient (Wildman–Crippen LogP) is 3.36. The molecule has 0 spiro atoms. The Hall–Kier alpha value is -4.06. The number of para-hydroxylation sites is 1. The quantitative estimate of drug-likeness (QED) is 0.503. The summed E-state index contributed by atoms with van der Waals surface area (Å²) in [6.07, 6.45) is 1.25. The SMILES string of the molecule is N#Cc1c(-c2ccccc2)nc(NN=Cc2ccccc2OC(F)F)[nH]c1=O. The molecule has 3 rings (SSSR count). The van der Waals surface area contributed by atoms with E-state index in [1.807, 2.05) is 6.07 Å². The van der Waals surface area contributed by atoms with Gasteiger partial charge in [0.25, 0.3) is 5.56 Å². The summed E-state index contributed by atoms with van der Waals surface area (Å²) < 4.78 is 29.3. The van der Waals surface area contributed by atoms with Crippen LogP contribution in [-0.4, -0.2) is 22.8 Å². The highest BCUT2D eigenvalue weighted by Gasteiger charge is 2.13. The fourth-order valence-corrected chi connectivity index (χ4v) is 2.39. The van der Waals surface area contributed by atoms with Crippen molar-refractivity contribution in [2.24, 2.45) is 5.10 Å². The fourth-order valence-electron chi connectivity index (χ4n) is 2.39. The second-order valence-electron chi connectivity index (χ2n) is 5.40. The summed E-state index contributed by atoms with van der Waals surface area (Å²) in [6, 6.07) is 16.7. The third-order valence-corrected chi connectivity index (χ3v) is 3.59. The van der Waals surface area contributed by atoms with Crippen molar-refractivity contribution in [3.05, 3.63) is 76.1 Å². The van der Waals surface area contributed by atoms with Gasteiger partial charge in [-0.15, -0.1) is 0 Å². The molecule has 0 unspecified atom stereocenters. The fraction of sp³-hybridized carbons (Fsp3) is 0.0526. The maximum Gasteiger partial charge on any atom is 0.387 e. The molecule has 0 aliphatic rings. The molecule has 2 N–H and O–H groups in total. The van der Waals surface area contributed by atoms with Crippen molar-refractivity contribution >= 4 is 12.2 Å². The van der Waals surface area contributed by atoms with Crippen LogP contribution in [0.1, 0.15) is 11.1 Å². The Morgan fingerprint density at radius 2 is 1.89 bits per heavy atom. The minimum atomic E-state index is -2.97. The number of nitrogens with zero attached hydrogens (tertiary/aromatic N) is 3. The van der Waals surface area contributed by atoms with Crippen LogP contribution in [-0.2, 0) is 0 Å². The first-order valence-electron chi connectivity index (χ1n) is 8.01. The van der Waals surface area contributed by atoms with Crippen LogP contribution in [0.25, 0.3) is 11.3 Å². The number of ether oxygens (including phenoxy) is 1. The van der Waals surface area contributed by atoms with Gasteiger partial charge in [0.2, 0.25) is 5.95 Å². The summed E-state index contributed by atoms with van der Waals surface area (Å²) >= 11 is 0. The monoisotopic (exact) mass is 381 g/mol. The van der Waals surface area contributed by atoms with Crippen molar-refractivity contribution in [2.45, 2.75) is 6.61 Å². The van der Waals surface area contributed by atoms with Gasteiger partial charge < -0.3 is 4.74 Å². The topological polar surface area (TPSA) is 103 Å². The smallest absolute Gasteiger partial charge is 0.387 e. The zero-order valence-corrected chi connectivity index (χ0v) is 14.3. The number of benzene rings is 2. The molecular weight excluding hydrogens is 368 g/mol. The predicted molar refractivity (Wildman–Crippen MR) is 99.3 cm³/mol. The number of aromatic amines is 1. The Morgan fingerprint density at radius 1 is 1.18 bits per heavy atom.